The number of ketones is 1. The number of carbonyl (C=O) groups is 2. The van der Waals surface area contributed by atoms with Crippen LogP contribution in [0.5, 0.6) is 17.2 Å². The van der Waals surface area contributed by atoms with Crippen LogP contribution in [0.4, 0.5) is 5.69 Å². The predicted molar refractivity (Wildman–Crippen MR) is 146 cm³/mol. The molecule has 194 valence electrons. The first-order valence-electron chi connectivity index (χ1n) is 11.6. The molecular weight excluding hydrogens is 504 g/mol. The largest absolute Gasteiger partial charge is 0.497 e. The van der Waals surface area contributed by atoms with Gasteiger partial charge in [-0.25, -0.2) is 4.98 Å². The highest BCUT2D eigenvalue weighted by molar-refractivity contribution is 7.99. The van der Waals surface area contributed by atoms with Crippen molar-refractivity contribution >= 4 is 29.1 Å². The van der Waals surface area contributed by atoms with Crippen LogP contribution in [0.15, 0.2) is 71.9 Å². The molecule has 0 saturated carbocycles. The van der Waals surface area contributed by atoms with Gasteiger partial charge in [-0.3, -0.25) is 9.59 Å². The zero-order chi connectivity index (χ0) is 27.1. The first-order valence-corrected chi connectivity index (χ1v) is 12.6. The highest BCUT2D eigenvalue weighted by atomic mass is 32.2. The smallest absolute Gasteiger partial charge is 0.221 e. The highest BCUT2D eigenvalue weighted by Gasteiger charge is 2.17. The van der Waals surface area contributed by atoms with Crippen molar-refractivity contribution in [1.82, 2.24) is 15.2 Å². The highest BCUT2D eigenvalue weighted by Crippen LogP contribution is 2.32. The van der Waals surface area contributed by atoms with Crippen molar-refractivity contribution in [1.29, 1.82) is 0 Å². The van der Waals surface area contributed by atoms with Gasteiger partial charge < -0.3 is 19.5 Å². The second-order valence-corrected chi connectivity index (χ2v) is 9.00. The molecule has 0 aliphatic carbocycles. The van der Waals surface area contributed by atoms with Crippen LogP contribution >= 0.6 is 11.8 Å². The van der Waals surface area contributed by atoms with E-state index in [1.165, 1.54) is 25.8 Å². The summed E-state index contributed by atoms with van der Waals surface area (Å²) in [4.78, 5) is 29.2. The fraction of sp³-hybridized carbons (Fsp3) is 0.179. The van der Waals surface area contributed by atoms with E-state index >= 15 is 0 Å². The van der Waals surface area contributed by atoms with Gasteiger partial charge in [0.2, 0.25) is 11.1 Å². The van der Waals surface area contributed by atoms with E-state index in [4.69, 9.17) is 19.2 Å². The summed E-state index contributed by atoms with van der Waals surface area (Å²) in [6, 6.07) is 19.9. The number of thioether (sulfide) groups is 1. The number of carbonyl (C=O) groups excluding carboxylic acids is 2. The number of anilines is 1. The monoisotopic (exact) mass is 530 g/mol. The quantitative estimate of drug-likeness (QED) is 0.219. The third-order valence-electron chi connectivity index (χ3n) is 5.56. The lowest BCUT2D eigenvalue weighted by atomic mass is 10.0. The molecule has 0 spiro atoms. The zero-order valence-electron chi connectivity index (χ0n) is 21.3. The predicted octanol–water partition coefficient (Wildman–Crippen LogP) is 5.16. The topological polar surface area (TPSA) is 113 Å². The van der Waals surface area contributed by atoms with Crippen molar-refractivity contribution in [2.75, 3.05) is 32.4 Å². The molecular formula is C28H26N4O5S. The van der Waals surface area contributed by atoms with Gasteiger partial charge >= 0.3 is 0 Å². The van der Waals surface area contributed by atoms with Crippen molar-refractivity contribution in [3.8, 4) is 39.8 Å². The maximum absolute atomic E-state index is 13.0. The number of methoxy groups -OCH3 is 3. The SMILES string of the molecule is COc1ccc(-c2nnc(SCC(=O)c3ccc(OC)c(NC(C)=O)c3)nc2-c2ccc(OC)cc2)cc1. The molecule has 0 bridgehead atoms. The number of nitrogens with zero attached hydrogens (tertiary/aromatic N) is 3. The van der Waals surface area contributed by atoms with Gasteiger partial charge in [-0.05, 0) is 66.7 Å². The summed E-state index contributed by atoms with van der Waals surface area (Å²) in [7, 11) is 4.72. The molecule has 4 rings (SSSR count). The van der Waals surface area contributed by atoms with Crippen molar-refractivity contribution in [3.63, 3.8) is 0 Å². The van der Waals surface area contributed by atoms with E-state index < -0.39 is 0 Å². The van der Waals surface area contributed by atoms with Gasteiger partial charge in [-0.2, -0.15) is 0 Å². The standard InChI is InChI=1S/C28H26N4O5S/c1-17(33)29-23-15-20(9-14-25(23)37-4)24(34)16-38-28-30-26(18-5-10-21(35-2)11-6-18)27(31-32-28)19-7-12-22(36-3)13-8-19/h5-15H,16H2,1-4H3,(H,29,33). The van der Waals surface area contributed by atoms with Gasteiger partial charge in [-0.1, -0.05) is 11.8 Å². The molecule has 10 heteroatoms. The Labute approximate surface area is 224 Å². The zero-order valence-corrected chi connectivity index (χ0v) is 22.2. The molecule has 0 atom stereocenters. The van der Waals surface area contributed by atoms with Crippen LogP contribution in [0.1, 0.15) is 17.3 Å². The number of hydrogen-bond donors (Lipinski definition) is 1. The normalized spacial score (nSPS) is 10.5. The first kappa shape index (κ1) is 26.6. The Hall–Kier alpha value is -4.44. The van der Waals surface area contributed by atoms with Crippen LogP contribution in [-0.2, 0) is 4.79 Å². The fourth-order valence-electron chi connectivity index (χ4n) is 3.65. The Morgan fingerprint density at radius 2 is 1.39 bits per heavy atom. The minimum absolute atomic E-state index is 0.0808. The average Bonchev–Trinajstić information content (AvgIpc) is 2.95. The molecule has 0 saturated heterocycles. The van der Waals surface area contributed by atoms with Crippen molar-refractivity contribution in [3.05, 3.63) is 72.3 Å². The lowest BCUT2D eigenvalue weighted by Gasteiger charge is -2.11. The third-order valence-corrected chi connectivity index (χ3v) is 6.40. The molecule has 1 amide bonds. The van der Waals surface area contributed by atoms with Crippen LogP contribution in [0.2, 0.25) is 0 Å². The number of nitrogens with one attached hydrogen (secondary N) is 1. The first-order chi connectivity index (χ1) is 18.4. The number of amides is 1. The fourth-order valence-corrected chi connectivity index (χ4v) is 4.33. The Bertz CT molecular complexity index is 1440. The lowest BCUT2D eigenvalue weighted by molar-refractivity contribution is -0.114. The number of aromatic nitrogens is 3. The molecule has 1 N–H and O–H groups in total. The van der Waals surface area contributed by atoms with E-state index in [2.05, 4.69) is 15.5 Å². The van der Waals surface area contributed by atoms with Crippen LogP contribution in [0, 0.1) is 0 Å². The van der Waals surface area contributed by atoms with E-state index in [0.29, 0.717) is 33.5 Å². The molecule has 9 nitrogen and oxygen atoms in total. The van der Waals surface area contributed by atoms with E-state index in [9.17, 15) is 9.59 Å². The summed E-state index contributed by atoms with van der Waals surface area (Å²) in [5, 5.41) is 11.8. The van der Waals surface area contributed by atoms with E-state index in [0.717, 1.165) is 22.6 Å². The minimum Gasteiger partial charge on any atom is -0.497 e. The van der Waals surface area contributed by atoms with Crippen LogP contribution in [0.3, 0.4) is 0 Å². The third kappa shape index (κ3) is 6.27. The van der Waals surface area contributed by atoms with Gasteiger partial charge in [-0.15, -0.1) is 10.2 Å². The van der Waals surface area contributed by atoms with Gasteiger partial charge in [0.1, 0.15) is 28.6 Å². The molecule has 1 heterocycles. The number of Topliss-reactive ketones (excluding diaryl/α,β-unsaturated/α-hetero) is 1. The van der Waals surface area contributed by atoms with Gasteiger partial charge in [0, 0.05) is 23.6 Å². The maximum atomic E-state index is 13.0. The molecule has 3 aromatic carbocycles. The summed E-state index contributed by atoms with van der Waals surface area (Å²) >= 11 is 1.18. The van der Waals surface area contributed by atoms with E-state index in [1.807, 2.05) is 48.5 Å². The lowest BCUT2D eigenvalue weighted by Crippen LogP contribution is -2.10. The Balaban J connectivity index is 1.61. The van der Waals surface area contributed by atoms with Crippen LogP contribution in [-0.4, -0.2) is 54.0 Å². The maximum Gasteiger partial charge on any atom is 0.221 e. The summed E-state index contributed by atoms with van der Waals surface area (Å²) in [6.45, 7) is 1.39. The molecule has 0 fully saturated rings. The average molecular weight is 531 g/mol. The molecule has 1 aromatic heterocycles. The molecule has 0 aliphatic heterocycles. The summed E-state index contributed by atoms with van der Waals surface area (Å²) < 4.78 is 15.8. The summed E-state index contributed by atoms with van der Waals surface area (Å²) in [6.07, 6.45) is 0. The van der Waals surface area contributed by atoms with Gasteiger partial charge in [0.15, 0.2) is 5.78 Å². The van der Waals surface area contributed by atoms with Crippen molar-refractivity contribution in [2.24, 2.45) is 0 Å². The second-order valence-electron chi connectivity index (χ2n) is 8.06. The molecule has 0 aliphatic rings. The van der Waals surface area contributed by atoms with E-state index in [-0.39, 0.29) is 17.4 Å². The van der Waals surface area contributed by atoms with Crippen molar-refractivity contribution < 1.29 is 23.8 Å². The number of benzene rings is 3. The Kier molecular flexibility index (Phi) is 8.55. The van der Waals surface area contributed by atoms with Crippen LogP contribution < -0.4 is 19.5 Å². The van der Waals surface area contributed by atoms with Gasteiger partial charge in [0.25, 0.3) is 0 Å². The molecule has 4 aromatic rings. The minimum atomic E-state index is -0.259. The Morgan fingerprint density at radius 3 is 1.95 bits per heavy atom. The van der Waals surface area contributed by atoms with Crippen molar-refractivity contribution in [2.45, 2.75) is 12.1 Å². The number of rotatable bonds is 10. The molecule has 0 radical (unpaired) electrons. The second kappa shape index (κ2) is 12.2. The number of hydrogen-bond acceptors (Lipinski definition) is 9. The van der Waals surface area contributed by atoms with Gasteiger partial charge in [0.05, 0.1) is 32.8 Å². The molecule has 38 heavy (non-hydrogen) atoms. The number of ether oxygens (including phenoxy) is 3. The van der Waals surface area contributed by atoms with Crippen LogP contribution in [0.25, 0.3) is 22.5 Å². The summed E-state index contributed by atoms with van der Waals surface area (Å²) in [5.74, 6) is 1.59. The van der Waals surface area contributed by atoms with E-state index in [1.54, 1.807) is 32.4 Å². The summed E-state index contributed by atoms with van der Waals surface area (Å²) in [5.41, 5.74) is 3.74. The molecule has 0 unspecified atom stereocenters. The Morgan fingerprint density at radius 1 is 0.789 bits per heavy atom.